The van der Waals surface area contributed by atoms with Gasteiger partial charge in [0, 0.05) is 32.2 Å². The number of carbonyl (C=O) groups excluding carboxylic acids is 1. The molecule has 0 radical (unpaired) electrons. The van der Waals surface area contributed by atoms with Crippen LogP contribution in [0.15, 0.2) is 0 Å². The first kappa shape index (κ1) is 10.9. The average molecular weight is 212 g/mol. The lowest BCUT2D eigenvalue weighted by atomic mass is 10.1. The van der Waals surface area contributed by atoms with E-state index in [1.165, 1.54) is 12.8 Å². The summed E-state index contributed by atoms with van der Waals surface area (Å²) in [4.78, 5) is 13.7. The van der Waals surface area contributed by atoms with Crippen LogP contribution >= 0.6 is 0 Å². The molecule has 1 saturated heterocycles. The summed E-state index contributed by atoms with van der Waals surface area (Å²) in [5, 5.41) is 3.26. The first-order chi connectivity index (χ1) is 7.29. The maximum Gasteiger partial charge on any atom is 0.236 e. The van der Waals surface area contributed by atoms with Crippen LogP contribution < -0.4 is 5.32 Å². The number of nitrogens with one attached hydrogen (secondary N) is 1. The Morgan fingerprint density at radius 2 is 2.27 bits per heavy atom. The van der Waals surface area contributed by atoms with Crippen molar-refractivity contribution < 1.29 is 9.53 Å². The molecule has 1 heterocycles. The Balaban J connectivity index is 1.67. The van der Waals surface area contributed by atoms with E-state index in [1.807, 2.05) is 4.90 Å². The summed E-state index contributed by atoms with van der Waals surface area (Å²) >= 11 is 0. The molecule has 1 saturated carbocycles. The molecule has 1 aliphatic heterocycles. The van der Waals surface area contributed by atoms with Gasteiger partial charge in [-0.25, -0.2) is 0 Å². The summed E-state index contributed by atoms with van der Waals surface area (Å²) < 4.78 is 5.11. The van der Waals surface area contributed by atoms with Crippen molar-refractivity contribution in [3.63, 3.8) is 0 Å². The summed E-state index contributed by atoms with van der Waals surface area (Å²) in [7, 11) is 1.72. The zero-order valence-electron chi connectivity index (χ0n) is 9.37. The van der Waals surface area contributed by atoms with E-state index in [2.05, 4.69) is 5.32 Å². The van der Waals surface area contributed by atoms with Crippen molar-refractivity contribution in [2.45, 2.75) is 25.3 Å². The van der Waals surface area contributed by atoms with E-state index in [9.17, 15) is 4.79 Å². The molecule has 2 rings (SSSR count). The second kappa shape index (κ2) is 4.94. The largest absolute Gasteiger partial charge is 0.384 e. The number of likely N-dealkylation sites (tertiary alicyclic amines) is 1. The smallest absolute Gasteiger partial charge is 0.236 e. The number of carbonyl (C=O) groups is 1. The van der Waals surface area contributed by atoms with Gasteiger partial charge in [0.1, 0.15) is 0 Å². The first-order valence-electron chi connectivity index (χ1n) is 5.79. The standard InChI is InChI=1S/C11H20N2O2/c1-15-8-9-4-5-13(7-9)11(14)6-12-10-2-3-10/h9-10,12H,2-8H2,1H3. The maximum atomic E-state index is 11.7. The second-order valence-corrected chi connectivity index (χ2v) is 4.60. The first-order valence-corrected chi connectivity index (χ1v) is 5.79. The highest BCUT2D eigenvalue weighted by molar-refractivity contribution is 5.78. The minimum absolute atomic E-state index is 0.250. The molecule has 1 N–H and O–H groups in total. The summed E-state index contributed by atoms with van der Waals surface area (Å²) in [6.07, 6.45) is 3.56. The average Bonchev–Trinajstić information content (AvgIpc) is 2.94. The molecule has 1 atom stereocenters. The van der Waals surface area contributed by atoms with Crippen molar-refractivity contribution in [2.75, 3.05) is 33.4 Å². The minimum Gasteiger partial charge on any atom is -0.384 e. The van der Waals surface area contributed by atoms with Gasteiger partial charge in [-0.15, -0.1) is 0 Å². The van der Waals surface area contributed by atoms with Crippen LogP contribution in [0.3, 0.4) is 0 Å². The van der Waals surface area contributed by atoms with Crippen LogP contribution in [0, 0.1) is 5.92 Å². The second-order valence-electron chi connectivity index (χ2n) is 4.60. The van der Waals surface area contributed by atoms with Crippen LogP contribution in [-0.2, 0) is 9.53 Å². The fraction of sp³-hybridized carbons (Fsp3) is 0.909. The Morgan fingerprint density at radius 1 is 1.47 bits per heavy atom. The van der Waals surface area contributed by atoms with E-state index in [0.29, 0.717) is 18.5 Å². The molecule has 1 aliphatic carbocycles. The minimum atomic E-state index is 0.250. The SMILES string of the molecule is COCC1CCN(C(=O)CNC2CC2)C1. The lowest BCUT2D eigenvalue weighted by Crippen LogP contribution is -2.37. The van der Waals surface area contributed by atoms with Crippen molar-refractivity contribution in [1.82, 2.24) is 10.2 Å². The quantitative estimate of drug-likeness (QED) is 0.709. The molecule has 0 aromatic rings. The van der Waals surface area contributed by atoms with Gasteiger partial charge in [0.15, 0.2) is 0 Å². The molecule has 4 nitrogen and oxygen atoms in total. The van der Waals surface area contributed by atoms with Crippen LogP contribution in [-0.4, -0.2) is 50.2 Å². The van der Waals surface area contributed by atoms with Gasteiger partial charge in [0.25, 0.3) is 0 Å². The molecular formula is C11H20N2O2. The van der Waals surface area contributed by atoms with Gasteiger partial charge in [-0.3, -0.25) is 4.79 Å². The molecule has 15 heavy (non-hydrogen) atoms. The van der Waals surface area contributed by atoms with Crippen molar-refractivity contribution in [3.05, 3.63) is 0 Å². The van der Waals surface area contributed by atoms with Crippen LogP contribution in [0.1, 0.15) is 19.3 Å². The fourth-order valence-electron chi connectivity index (χ4n) is 2.06. The lowest BCUT2D eigenvalue weighted by Gasteiger charge is -2.16. The fourth-order valence-corrected chi connectivity index (χ4v) is 2.06. The highest BCUT2D eigenvalue weighted by atomic mass is 16.5. The number of nitrogens with zero attached hydrogens (tertiary/aromatic N) is 1. The third-order valence-corrected chi connectivity index (χ3v) is 3.16. The third kappa shape index (κ3) is 3.18. The molecule has 0 spiro atoms. The van der Waals surface area contributed by atoms with Gasteiger partial charge in [0.2, 0.25) is 5.91 Å². The van der Waals surface area contributed by atoms with E-state index >= 15 is 0 Å². The number of methoxy groups -OCH3 is 1. The van der Waals surface area contributed by atoms with Gasteiger partial charge in [-0.1, -0.05) is 0 Å². The molecule has 1 amide bonds. The molecule has 2 fully saturated rings. The van der Waals surface area contributed by atoms with Crippen molar-refractivity contribution in [1.29, 1.82) is 0 Å². The van der Waals surface area contributed by atoms with Crippen LogP contribution in [0.5, 0.6) is 0 Å². The molecule has 0 aromatic carbocycles. The number of amides is 1. The molecule has 0 bridgehead atoms. The predicted molar refractivity (Wildman–Crippen MR) is 57.6 cm³/mol. The van der Waals surface area contributed by atoms with Gasteiger partial charge >= 0.3 is 0 Å². The molecule has 1 unspecified atom stereocenters. The predicted octanol–water partition coefficient (Wildman–Crippen LogP) is 0.233. The van der Waals surface area contributed by atoms with Gasteiger partial charge < -0.3 is 15.0 Å². The van der Waals surface area contributed by atoms with Crippen LogP contribution in [0.2, 0.25) is 0 Å². The Hall–Kier alpha value is -0.610. The molecule has 86 valence electrons. The zero-order valence-corrected chi connectivity index (χ0v) is 9.37. The Kier molecular flexibility index (Phi) is 3.59. The summed E-state index contributed by atoms with van der Waals surface area (Å²) in [6.45, 7) is 3.07. The van der Waals surface area contributed by atoms with Crippen molar-refractivity contribution in [3.8, 4) is 0 Å². The Morgan fingerprint density at radius 3 is 2.93 bits per heavy atom. The highest BCUT2D eigenvalue weighted by Gasteiger charge is 2.27. The lowest BCUT2D eigenvalue weighted by molar-refractivity contribution is -0.129. The molecular weight excluding hydrogens is 192 g/mol. The van der Waals surface area contributed by atoms with E-state index in [1.54, 1.807) is 7.11 Å². The number of ether oxygens (including phenoxy) is 1. The van der Waals surface area contributed by atoms with E-state index in [-0.39, 0.29) is 5.91 Å². The summed E-state index contributed by atoms with van der Waals surface area (Å²) in [5.41, 5.74) is 0. The maximum absolute atomic E-state index is 11.7. The summed E-state index contributed by atoms with van der Waals surface area (Å²) in [5.74, 6) is 0.792. The molecule has 4 heteroatoms. The van der Waals surface area contributed by atoms with Gasteiger partial charge in [-0.05, 0) is 19.3 Å². The topological polar surface area (TPSA) is 41.6 Å². The molecule has 0 aromatic heterocycles. The van der Waals surface area contributed by atoms with E-state index < -0.39 is 0 Å². The van der Waals surface area contributed by atoms with Crippen molar-refractivity contribution >= 4 is 5.91 Å². The van der Waals surface area contributed by atoms with Crippen LogP contribution in [0.25, 0.3) is 0 Å². The monoisotopic (exact) mass is 212 g/mol. The normalized spacial score (nSPS) is 25.9. The third-order valence-electron chi connectivity index (χ3n) is 3.16. The van der Waals surface area contributed by atoms with E-state index in [4.69, 9.17) is 4.74 Å². The van der Waals surface area contributed by atoms with Crippen molar-refractivity contribution in [2.24, 2.45) is 5.92 Å². The number of hydrogen-bond acceptors (Lipinski definition) is 3. The Labute approximate surface area is 91.0 Å². The van der Waals surface area contributed by atoms with Gasteiger partial charge in [0.05, 0.1) is 13.2 Å². The highest BCUT2D eigenvalue weighted by Crippen LogP contribution is 2.19. The van der Waals surface area contributed by atoms with E-state index in [0.717, 1.165) is 26.1 Å². The van der Waals surface area contributed by atoms with Crippen LogP contribution in [0.4, 0.5) is 0 Å². The zero-order chi connectivity index (χ0) is 10.7. The van der Waals surface area contributed by atoms with Gasteiger partial charge in [-0.2, -0.15) is 0 Å². The Bertz CT molecular complexity index is 229. The number of hydrogen-bond donors (Lipinski definition) is 1. The summed E-state index contributed by atoms with van der Waals surface area (Å²) in [6, 6.07) is 0.617. The molecule has 2 aliphatic rings. The number of rotatable bonds is 5.